The molecule has 0 bridgehead atoms. The molecule has 164 valence electrons. The Morgan fingerprint density at radius 2 is 1.34 bits per heavy atom. The van der Waals surface area contributed by atoms with E-state index in [2.05, 4.69) is 0 Å². The molecular weight excluding hydrogens is 478 g/mol. The van der Waals surface area contributed by atoms with Crippen LogP contribution in [0, 0.1) is 0 Å². The Kier molecular flexibility index (Phi) is 6.95. The number of para-hydroxylation sites is 1. The number of methoxy groups -OCH3 is 2. The minimum absolute atomic E-state index is 0. The molecule has 0 saturated carbocycles. The number of carbonyl (C=O) groups is 2. The third-order valence-electron chi connectivity index (χ3n) is 4.98. The van der Waals surface area contributed by atoms with Crippen LogP contribution in [0.4, 0.5) is 0 Å². The normalized spacial score (nSPS) is 10.4. The van der Waals surface area contributed by atoms with Gasteiger partial charge in [-0.3, -0.25) is 0 Å². The number of carbonyl (C=O) groups excluding carboxylic acids is 1. The van der Waals surface area contributed by atoms with Crippen LogP contribution in [0.25, 0.3) is 21.8 Å². The number of aliphatic carboxylic acids is 1. The summed E-state index contributed by atoms with van der Waals surface area (Å²) in [6.07, 6.45) is 0. The number of pyridine rings is 1. The molecule has 0 unspecified atom stereocenters. The van der Waals surface area contributed by atoms with Gasteiger partial charge in [-0.2, -0.15) is 4.57 Å². The van der Waals surface area contributed by atoms with Gasteiger partial charge in [-0.05, 0) is 36.4 Å². The number of hydrogen-bond donors (Lipinski definition) is 1. The number of fused-ring (bicyclic) bond motifs is 2. The predicted octanol–water partition coefficient (Wildman–Crippen LogP) is 0.605. The Morgan fingerprint density at radius 3 is 1.81 bits per heavy atom. The number of carboxylic acid groups (broad SMARTS) is 1. The minimum Gasteiger partial charge on any atom is -1.00 e. The number of esters is 1. The number of rotatable bonds is 6. The second-order valence-corrected chi connectivity index (χ2v) is 6.82. The Balaban J connectivity index is 0.00000289. The highest BCUT2D eigenvalue weighted by molar-refractivity contribution is 6.14. The van der Waals surface area contributed by atoms with Gasteiger partial charge in [0.2, 0.25) is 17.6 Å². The number of ether oxygens (including phenoxy) is 3. The molecule has 7 nitrogen and oxygen atoms in total. The zero-order valence-corrected chi connectivity index (χ0v) is 19.0. The molecule has 0 saturated heterocycles. The van der Waals surface area contributed by atoms with Gasteiger partial charge in [0.1, 0.15) is 17.2 Å². The third kappa shape index (κ3) is 4.36. The van der Waals surface area contributed by atoms with Gasteiger partial charge in [-0.25, -0.2) is 9.59 Å². The summed E-state index contributed by atoms with van der Waals surface area (Å²) in [5.74, 6) is -0.0957. The summed E-state index contributed by atoms with van der Waals surface area (Å²) in [6.45, 7) is -0.278. The fourth-order valence-corrected chi connectivity index (χ4v) is 3.60. The van der Waals surface area contributed by atoms with Crippen molar-refractivity contribution in [1.82, 2.24) is 0 Å². The van der Waals surface area contributed by atoms with Crippen LogP contribution < -0.4 is 35.8 Å². The lowest BCUT2D eigenvalue weighted by Gasteiger charge is -2.13. The van der Waals surface area contributed by atoms with E-state index in [9.17, 15) is 14.7 Å². The summed E-state index contributed by atoms with van der Waals surface area (Å²) in [6, 6.07) is 19.1. The first-order chi connectivity index (χ1) is 15.0. The van der Waals surface area contributed by atoms with Gasteiger partial charge >= 0.3 is 11.9 Å². The predicted molar refractivity (Wildman–Crippen MR) is 114 cm³/mol. The average molecular weight is 498 g/mol. The van der Waals surface area contributed by atoms with Crippen molar-refractivity contribution in [2.45, 2.75) is 6.54 Å². The van der Waals surface area contributed by atoms with Crippen LogP contribution in [0.2, 0.25) is 0 Å². The maximum Gasteiger partial charge on any atom is 0.370 e. The molecule has 0 aliphatic rings. The van der Waals surface area contributed by atoms with E-state index in [1.54, 1.807) is 65.2 Å². The fraction of sp³-hybridized carbons (Fsp3) is 0.125. The maximum atomic E-state index is 13.3. The van der Waals surface area contributed by atoms with Crippen LogP contribution in [0.5, 0.6) is 17.2 Å². The summed E-state index contributed by atoms with van der Waals surface area (Å²) < 4.78 is 18.0. The highest BCUT2D eigenvalue weighted by Gasteiger charge is 2.27. The van der Waals surface area contributed by atoms with Crippen LogP contribution in [0.1, 0.15) is 10.4 Å². The number of aromatic nitrogens is 1. The molecule has 1 aromatic heterocycles. The Bertz CT molecular complexity index is 1240. The van der Waals surface area contributed by atoms with Crippen molar-refractivity contribution in [3.05, 3.63) is 72.3 Å². The zero-order valence-electron chi connectivity index (χ0n) is 17.4. The summed E-state index contributed by atoms with van der Waals surface area (Å²) >= 11 is 0. The van der Waals surface area contributed by atoms with Crippen molar-refractivity contribution in [1.29, 1.82) is 0 Å². The van der Waals surface area contributed by atoms with Crippen molar-refractivity contribution >= 4 is 33.7 Å². The molecule has 8 heteroatoms. The highest BCUT2D eigenvalue weighted by Crippen LogP contribution is 2.31. The molecule has 0 aliphatic carbocycles. The lowest BCUT2D eigenvalue weighted by atomic mass is 10.0. The van der Waals surface area contributed by atoms with Gasteiger partial charge in [-0.15, -0.1) is 0 Å². The fourth-order valence-electron chi connectivity index (χ4n) is 3.60. The maximum absolute atomic E-state index is 13.3. The summed E-state index contributed by atoms with van der Waals surface area (Å²) in [4.78, 5) is 24.9. The highest BCUT2D eigenvalue weighted by atomic mass is 79.9. The van der Waals surface area contributed by atoms with Crippen LogP contribution in [-0.4, -0.2) is 31.3 Å². The molecule has 0 spiro atoms. The van der Waals surface area contributed by atoms with Crippen molar-refractivity contribution in [2.75, 3.05) is 14.2 Å². The van der Waals surface area contributed by atoms with E-state index in [1.807, 2.05) is 6.07 Å². The molecule has 1 heterocycles. The largest absolute Gasteiger partial charge is 1.00 e. The van der Waals surface area contributed by atoms with Crippen molar-refractivity contribution in [2.24, 2.45) is 0 Å². The topological polar surface area (TPSA) is 85.9 Å². The van der Waals surface area contributed by atoms with E-state index >= 15 is 0 Å². The Hall–Kier alpha value is -3.65. The summed E-state index contributed by atoms with van der Waals surface area (Å²) in [5, 5.41) is 10.5. The standard InChI is InChI=1S/C24H19NO6.BrH/c1-29-16-8-10-20-18(12-16)23(24(28)31-15-6-4-3-5-7-15)19-13-17(30-2)9-11-21(19)25(20)14-22(26)27;/h3-13H,14H2,1-2H3;1H. The lowest BCUT2D eigenvalue weighted by molar-refractivity contribution is -0.633. The first-order valence-corrected chi connectivity index (χ1v) is 9.52. The molecule has 1 N–H and O–H groups in total. The Morgan fingerprint density at radius 1 is 0.812 bits per heavy atom. The molecule has 4 aromatic rings. The zero-order chi connectivity index (χ0) is 22.0. The third-order valence-corrected chi connectivity index (χ3v) is 4.98. The smallest absolute Gasteiger partial charge is 0.370 e. The molecule has 32 heavy (non-hydrogen) atoms. The van der Waals surface area contributed by atoms with Crippen LogP contribution in [0.3, 0.4) is 0 Å². The summed E-state index contributed by atoms with van der Waals surface area (Å²) in [7, 11) is 3.05. The van der Waals surface area contributed by atoms with E-state index in [-0.39, 0.29) is 23.5 Å². The number of halogens is 1. The van der Waals surface area contributed by atoms with Gasteiger partial charge in [0.15, 0.2) is 0 Å². The first-order valence-electron chi connectivity index (χ1n) is 9.52. The summed E-state index contributed by atoms with van der Waals surface area (Å²) in [5.41, 5.74) is 1.44. The van der Waals surface area contributed by atoms with Crippen molar-refractivity contribution < 1.29 is 50.5 Å². The molecule has 0 radical (unpaired) electrons. The van der Waals surface area contributed by atoms with Gasteiger partial charge in [-0.1, -0.05) is 18.2 Å². The van der Waals surface area contributed by atoms with Gasteiger partial charge in [0, 0.05) is 12.1 Å². The molecule has 0 atom stereocenters. The van der Waals surface area contributed by atoms with Crippen LogP contribution in [0.15, 0.2) is 66.7 Å². The van der Waals surface area contributed by atoms with Crippen molar-refractivity contribution in [3.8, 4) is 17.2 Å². The number of nitrogens with zero attached hydrogens (tertiary/aromatic N) is 1. The monoisotopic (exact) mass is 497 g/mol. The van der Waals surface area contributed by atoms with Crippen LogP contribution in [-0.2, 0) is 11.3 Å². The van der Waals surface area contributed by atoms with Gasteiger partial charge < -0.3 is 36.3 Å². The minimum atomic E-state index is -1.00. The van der Waals surface area contributed by atoms with Gasteiger partial charge in [0.25, 0.3) is 0 Å². The molecule has 0 fully saturated rings. The average Bonchev–Trinajstić information content (AvgIpc) is 2.78. The van der Waals surface area contributed by atoms with Gasteiger partial charge in [0.05, 0.1) is 30.6 Å². The quantitative estimate of drug-likeness (QED) is 0.182. The lowest BCUT2D eigenvalue weighted by Crippen LogP contribution is -3.00. The second kappa shape index (κ2) is 9.65. The number of hydrogen-bond acceptors (Lipinski definition) is 5. The number of carboxylic acids is 1. The first kappa shape index (κ1) is 23.0. The van der Waals surface area contributed by atoms with E-state index in [0.717, 1.165) is 0 Å². The molecule has 0 amide bonds. The molecule has 0 aliphatic heterocycles. The van der Waals surface area contributed by atoms with E-state index in [4.69, 9.17) is 14.2 Å². The van der Waals surface area contributed by atoms with Crippen LogP contribution >= 0.6 is 0 Å². The van der Waals surface area contributed by atoms with E-state index in [1.165, 1.54) is 14.2 Å². The molecule has 3 aromatic carbocycles. The molecule has 4 rings (SSSR count). The van der Waals surface area contributed by atoms with Crippen molar-refractivity contribution in [3.63, 3.8) is 0 Å². The SMILES string of the molecule is COc1ccc2c(c1)c(C(=O)Oc1ccccc1)c1cc(OC)ccc1[n+]2CC(=O)O.[Br-]. The Labute approximate surface area is 194 Å². The molecular formula is C24H20BrNO6. The van der Waals surface area contributed by atoms with E-state index < -0.39 is 11.9 Å². The second-order valence-electron chi connectivity index (χ2n) is 6.82. The van der Waals surface area contributed by atoms with E-state index in [0.29, 0.717) is 44.6 Å². The number of benzene rings is 3.